The minimum absolute atomic E-state index is 0.0579. The van der Waals surface area contributed by atoms with Crippen LogP contribution in [0.2, 0.25) is 0 Å². The van der Waals surface area contributed by atoms with Gasteiger partial charge in [-0.2, -0.15) is 13.2 Å². The van der Waals surface area contributed by atoms with Gasteiger partial charge in [-0.05, 0) is 24.7 Å². The molecule has 0 heterocycles. The van der Waals surface area contributed by atoms with Crippen LogP contribution in [0.4, 0.5) is 13.2 Å². The maximum Gasteiger partial charge on any atom is 0.411 e. The van der Waals surface area contributed by atoms with Gasteiger partial charge in [-0.1, -0.05) is 12.8 Å². The second kappa shape index (κ2) is 5.16. The number of alkyl halides is 3. The number of aliphatic hydroxyl groups excluding tert-OH is 1. The molecule has 0 bridgehead atoms. The van der Waals surface area contributed by atoms with Crippen molar-refractivity contribution in [3.05, 3.63) is 0 Å². The highest BCUT2D eigenvalue weighted by molar-refractivity contribution is 4.83. The molecule has 0 unspecified atom stereocenters. The van der Waals surface area contributed by atoms with E-state index in [0.717, 1.165) is 25.7 Å². The van der Waals surface area contributed by atoms with Gasteiger partial charge in [-0.15, -0.1) is 0 Å². The van der Waals surface area contributed by atoms with Crippen LogP contribution in [0.5, 0.6) is 0 Å². The van der Waals surface area contributed by atoms with E-state index in [1.54, 1.807) is 0 Å². The summed E-state index contributed by atoms with van der Waals surface area (Å²) >= 11 is 0. The molecule has 0 spiro atoms. The third-order valence-electron chi connectivity index (χ3n) is 3.04. The van der Waals surface area contributed by atoms with E-state index in [-0.39, 0.29) is 18.6 Å². The molecule has 0 amide bonds. The Labute approximate surface area is 87.4 Å². The zero-order valence-electron chi connectivity index (χ0n) is 8.65. The minimum atomic E-state index is -4.25. The van der Waals surface area contributed by atoms with Crippen molar-refractivity contribution < 1.29 is 23.0 Å². The van der Waals surface area contributed by atoms with E-state index in [1.165, 1.54) is 0 Å². The predicted octanol–water partition coefficient (Wildman–Crippen LogP) is 2.51. The molecule has 2 nitrogen and oxygen atoms in total. The molecule has 0 aromatic carbocycles. The maximum absolute atomic E-state index is 11.8. The van der Waals surface area contributed by atoms with Crippen molar-refractivity contribution in [2.45, 2.75) is 38.3 Å². The fraction of sp³-hybridized carbons (Fsp3) is 1.00. The summed E-state index contributed by atoms with van der Waals surface area (Å²) in [6.07, 6.45) is 0.194. The van der Waals surface area contributed by atoms with Gasteiger partial charge in [0.15, 0.2) is 0 Å². The summed E-state index contributed by atoms with van der Waals surface area (Å²) in [5, 5.41) is 9.20. The molecule has 1 aliphatic rings. The Morgan fingerprint density at radius 1 is 1.20 bits per heavy atom. The number of halogens is 3. The second-order valence-corrected chi connectivity index (χ2v) is 4.28. The molecule has 5 heteroatoms. The Morgan fingerprint density at radius 2 is 1.80 bits per heavy atom. The average molecular weight is 226 g/mol. The fourth-order valence-corrected chi connectivity index (χ4v) is 2.09. The third-order valence-corrected chi connectivity index (χ3v) is 3.04. The first-order valence-corrected chi connectivity index (χ1v) is 5.23. The van der Waals surface area contributed by atoms with Crippen LogP contribution in [-0.4, -0.2) is 31.1 Å². The number of hydrogen-bond donors (Lipinski definition) is 1. The number of aliphatic hydroxyl groups is 1. The Bertz CT molecular complexity index is 186. The molecule has 15 heavy (non-hydrogen) atoms. The quantitative estimate of drug-likeness (QED) is 0.730. The van der Waals surface area contributed by atoms with Crippen LogP contribution in [0.25, 0.3) is 0 Å². The monoisotopic (exact) mass is 226 g/mol. The lowest BCUT2D eigenvalue weighted by molar-refractivity contribution is -0.175. The predicted molar refractivity (Wildman–Crippen MR) is 49.5 cm³/mol. The fourth-order valence-electron chi connectivity index (χ4n) is 2.09. The zero-order valence-corrected chi connectivity index (χ0v) is 8.65. The third kappa shape index (κ3) is 4.38. The van der Waals surface area contributed by atoms with E-state index < -0.39 is 12.8 Å². The van der Waals surface area contributed by atoms with Crippen LogP contribution >= 0.6 is 0 Å². The molecule has 1 N–H and O–H groups in total. The summed E-state index contributed by atoms with van der Waals surface area (Å²) in [5.41, 5.74) is -0.175. The lowest BCUT2D eigenvalue weighted by Gasteiger charge is -2.26. The standard InChI is InChI=1S/C10H17F3O2/c11-10(12,13)8-15-6-5-9(7-14)3-1-2-4-9/h14H,1-8H2. The van der Waals surface area contributed by atoms with Crippen LogP contribution in [-0.2, 0) is 4.74 Å². The van der Waals surface area contributed by atoms with Gasteiger partial charge in [-0.3, -0.25) is 0 Å². The van der Waals surface area contributed by atoms with E-state index in [4.69, 9.17) is 0 Å². The molecule has 0 radical (unpaired) electrons. The molecule has 90 valence electrons. The van der Waals surface area contributed by atoms with Gasteiger partial charge in [-0.25, -0.2) is 0 Å². The van der Waals surface area contributed by atoms with Crippen molar-refractivity contribution >= 4 is 0 Å². The first-order valence-electron chi connectivity index (χ1n) is 5.23. The van der Waals surface area contributed by atoms with Gasteiger partial charge in [0.05, 0.1) is 0 Å². The Balaban J connectivity index is 2.18. The number of rotatable bonds is 5. The van der Waals surface area contributed by atoms with E-state index in [0.29, 0.717) is 6.42 Å². The van der Waals surface area contributed by atoms with Crippen molar-refractivity contribution in [1.82, 2.24) is 0 Å². The summed E-state index contributed by atoms with van der Waals surface area (Å²) in [6.45, 7) is -1.04. The number of hydrogen-bond acceptors (Lipinski definition) is 2. The molecule has 0 aliphatic heterocycles. The maximum atomic E-state index is 11.8. The number of ether oxygens (including phenoxy) is 1. The van der Waals surface area contributed by atoms with Crippen molar-refractivity contribution in [3.8, 4) is 0 Å². The van der Waals surface area contributed by atoms with Gasteiger partial charge >= 0.3 is 6.18 Å². The summed E-state index contributed by atoms with van der Waals surface area (Å²) in [6, 6.07) is 0. The largest absolute Gasteiger partial charge is 0.411 e. The molecular weight excluding hydrogens is 209 g/mol. The highest BCUT2D eigenvalue weighted by Crippen LogP contribution is 2.40. The molecule has 1 saturated carbocycles. The second-order valence-electron chi connectivity index (χ2n) is 4.28. The molecular formula is C10H17F3O2. The first kappa shape index (κ1) is 12.8. The van der Waals surface area contributed by atoms with Crippen molar-refractivity contribution in [1.29, 1.82) is 0 Å². The lowest BCUT2D eigenvalue weighted by Crippen LogP contribution is -2.25. The first-order chi connectivity index (χ1) is 6.97. The molecule has 0 aromatic rings. The highest BCUT2D eigenvalue weighted by Gasteiger charge is 2.33. The van der Waals surface area contributed by atoms with Gasteiger partial charge in [0, 0.05) is 13.2 Å². The van der Waals surface area contributed by atoms with Crippen LogP contribution in [0.3, 0.4) is 0 Å². The molecule has 0 saturated heterocycles. The Morgan fingerprint density at radius 3 is 2.27 bits per heavy atom. The van der Waals surface area contributed by atoms with E-state index in [2.05, 4.69) is 4.74 Å². The van der Waals surface area contributed by atoms with Crippen LogP contribution in [0.15, 0.2) is 0 Å². The zero-order chi connectivity index (χ0) is 11.4. The molecule has 1 rings (SSSR count). The van der Waals surface area contributed by atoms with Crippen LogP contribution in [0.1, 0.15) is 32.1 Å². The smallest absolute Gasteiger partial charge is 0.396 e. The van der Waals surface area contributed by atoms with E-state index in [1.807, 2.05) is 0 Å². The SMILES string of the molecule is OCC1(CCOCC(F)(F)F)CCCC1. The molecule has 1 aliphatic carbocycles. The van der Waals surface area contributed by atoms with Gasteiger partial charge in [0.25, 0.3) is 0 Å². The molecule has 0 aromatic heterocycles. The summed E-state index contributed by atoms with van der Waals surface area (Å²) < 4.78 is 39.8. The van der Waals surface area contributed by atoms with Crippen molar-refractivity contribution in [2.24, 2.45) is 5.41 Å². The average Bonchev–Trinajstić information content (AvgIpc) is 2.60. The van der Waals surface area contributed by atoms with E-state index >= 15 is 0 Å². The minimum Gasteiger partial charge on any atom is -0.396 e. The Hall–Kier alpha value is -0.290. The highest BCUT2D eigenvalue weighted by atomic mass is 19.4. The van der Waals surface area contributed by atoms with Crippen LogP contribution in [0, 0.1) is 5.41 Å². The summed E-state index contributed by atoms with van der Waals surface area (Å²) in [7, 11) is 0. The van der Waals surface area contributed by atoms with Gasteiger partial charge in [0.1, 0.15) is 6.61 Å². The van der Waals surface area contributed by atoms with Gasteiger partial charge in [0.2, 0.25) is 0 Å². The summed E-state index contributed by atoms with van der Waals surface area (Å²) in [4.78, 5) is 0. The van der Waals surface area contributed by atoms with Gasteiger partial charge < -0.3 is 9.84 Å². The molecule has 1 fully saturated rings. The topological polar surface area (TPSA) is 29.5 Å². The van der Waals surface area contributed by atoms with E-state index in [9.17, 15) is 18.3 Å². The lowest BCUT2D eigenvalue weighted by atomic mass is 9.84. The van der Waals surface area contributed by atoms with Crippen molar-refractivity contribution in [3.63, 3.8) is 0 Å². The van der Waals surface area contributed by atoms with Crippen LogP contribution < -0.4 is 0 Å². The normalized spacial score (nSPS) is 20.8. The van der Waals surface area contributed by atoms with Crippen molar-refractivity contribution in [2.75, 3.05) is 19.8 Å². The summed E-state index contributed by atoms with van der Waals surface area (Å²) in [5.74, 6) is 0. The molecule has 0 atom stereocenters. The Kier molecular flexibility index (Phi) is 4.40.